The van der Waals surface area contributed by atoms with Crippen molar-refractivity contribution in [3.8, 4) is 0 Å². The molecule has 5 nitrogen and oxygen atoms in total. The highest BCUT2D eigenvalue weighted by Crippen LogP contribution is 2.14. The van der Waals surface area contributed by atoms with Crippen molar-refractivity contribution in [1.29, 1.82) is 0 Å². The van der Waals surface area contributed by atoms with E-state index in [0.29, 0.717) is 13.0 Å². The third kappa shape index (κ3) is 9.60. The lowest BCUT2D eigenvalue weighted by Gasteiger charge is -2.21. The lowest BCUT2D eigenvalue weighted by atomic mass is 10.3. The second-order valence-corrected chi connectivity index (χ2v) is 4.04. The van der Waals surface area contributed by atoms with Gasteiger partial charge in [-0.2, -0.15) is 13.2 Å². The predicted octanol–water partition coefficient (Wildman–Crippen LogP) is 1.76. The smallest absolute Gasteiger partial charge is 0.411 e. The second kappa shape index (κ2) is 9.57. The highest BCUT2D eigenvalue weighted by molar-refractivity contribution is 5.82. The molecule has 0 saturated carbocycles. The van der Waals surface area contributed by atoms with Crippen LogP contribution in [0.3, 0.4) is 0 Å². The molecule has 0 bridgehead atoms. The Labute approximate surface area is 116 Å². The Bertz CT molecular complexity index is 308. The van der Waals surface area contributed by atoms with Gasteiger partial charge in [0.05, 0.1) is 19.6 Å². The Balaban J connectivity index is 4.12. The molecule has 0 fully saturated rings. The molecule has 0 rings (SSSR count). The van der Waals surface area contributed by atoms with E-state index in [1.54, 1.807) is 6.92 Å². The summed E-state index contributed by atoms with van der Waals surface area (Å²) >= 11 is 0. The van der Waals surface area contributed by atoms with Crippen molar-refractivity contribution in [1.82, 2.24) is 4.90 Å². The minimum absolute atomic E-state index is 0.195. The monoisotopic (exact) mass is 299 g/mol. The molecule has 0 N–H and O–H groups in total. The summed E-state index contributed by atoms with van der Waals surface area (Å²) in [6.07, 6.45) is -3.97. The van der Waals surface area contributed by atoms with Gasteiger partial charge >= 0.3 is 12.1 Å². The molecule has 0 saturated heterocycles. The van der Waals surface area contributed by atoms with Crippen LogP contribution in [0.1, 0.15) is 26.7 Å². The van der Waals surface area contributed by atoms with Crippen molar-refractivity contribution in [3.05, 3.63) is 0 Å². The number of amides is 1. The first-order chi connectivity index (χ1) is 9.30. The molecule has 0 unspecified atom stereocenters. The maximum Gasteiger partial charge on any atom is 0.411 e. The van der Waals surface area contributed by atoms with Gasteiger partial charge in [-0.05, 0) is 13.3 Å². The molecule has 0 aromatic rings. The highest BCUT2D eigenvalue weighted by atomic mass is 19.4. The Kier molecular flexibility index (Phi) is 8.94. The van der Waals surface area contributed by atoms with Crippen molar-refractivity contribution in [2.24, 2.45) is 0 Å². The standard InChI is InChI=1S/C12H20F3NO4/c1-3-6-16(8-11(18)20-4-2)10(17)5-7-19-9-12(13,14)15/h3-9H2,1-2H3. The van der Waals surface area contributed by atoms with E-state index in [2.05, 4.69) is 4.74 Å². The molecule has 1 amide bonds. The zero-order chi connectivity index (χ0) is 15.6. The Morgan fingerprint density at radius 1 is 1.20 bits per heavy atom. The number of hydrogen-bond acceptors (Lipinski definition) is 4. The molecular weight excluding hydrogens is 279 g/mol. The molecule has 0 aliphatic rings. The quantitative estimate of drug-likeness (QED) is 0.481. The van der Waals surface area contributed by atoms with Crippen molar-refractivity contribution < 1.29 is 32.2 Å². The summed E-state index contributed by atoms with van der Waals surface area (Å²) in [6, 6.07) is 0. The highest BCUT2D eigenvalue weighted by Gasteiger charge is 2.27. The average Bonchev–Trinajstić information content (AvgIpc) is 2.33. The van der Waals surface area contributed by atoms with Gasteiger partial charge in [0.15, 0.2) is 0 Å². The van der Waals surface area contributed by atoms with Crippen molar-refractivity contribution in [2.45, 2.75) is 32.9 Å². The fourth-order valence-corrected chi connectivity index (χ4v) is 1.43. The van der Waals surface area contributed by atoms with Gasteiger partial charge in [-0.15, -0.1) is 0 Å². The summed E-state index contributed by atoms with van der Waals surface area (Å²) in [5.41, 5.74) is 0. The van der Waals surface area contributed by atoms with Crippen LogP contribution in [-0.4, -0.2) is 55.9 Å². The third-order valence-corrected chi connectivity index (χ3v) is 2.20. The number of hydrogen-bond donors (Lipinski definition) is 0. The second-order valence-electron chi connectivity index (χ2n) is 4.04. The van der Waals surface area contributed by atoms with Crippen LogP contribution in [0.15, 0.2) is 0 Å². The molecule has 0 aliphatic carbocycles. The molecule has 0 spiro atoms. The number of ether oxygens (including phenoxy) is 2. The van der Waals surface area contributed by atoms with E-state index >= 15 is 0 Å². The van der Waals surface area contributed by atoms with E-state index in [1.165, 1.54) is 4.90 Å². The van der Waals surface area contributed by atoms with E-state index < -0.39 is 24.7 Å². The van der Waals surface area contributed by atoms with Crippen LogP contribution in [0.2, 0.25) is 0 Å². The molecule has 0 aliphatic heterocycles. The fourth-order valence-electron chi connectivity index (χ4n) is 1.43. The SMILES string of the molecule is CCCN(CC(=O)OCC)C(=O)CCOCC(F)(F)F. The maximum atomic E-state index is 11.8. The lowest BCUT2D eigenvalue weighted by Crippen LogP contribution is -2.37. The number of alkyl halides is 3. The fraction of sp³-hybridized carbons (Fsp3) is 0.833. The third-order valence-electron chi connectivity index (χ3n) is 2.20. The van der Waals surface area contributed by atoms with Gasteiger partial charge < -0.3 is 14.4 Å². The lowest BCUT2D eigenvalue weighted by molar-refractivity contribution is -0.175. The first-order valence-electron chi connectivity index (χ1n) is 6.38. The zero-order valence-corrected chi connectivity index (χ0v) is 11.7. The van der Waals surface area contributed by atoms with Crippen molar-refractivity contribution in [3.63, 3.8) is 0 Å². The first kappa shape index (κ1) is 18.7. The number of rotatable bonds is 9. The minimum atomic E-state index is -4.41. The first-order valence-corrected chi connectivity index (χ1v) is 6.38. The molecule has 118 valence electrons. The normalized spacial score (nSPS) is 11.2. The maximum absolute atomic E-state index is 11.8. The van der Waals surface area contributed by atoms with E-state index in [4.69, 9.17) is 4.74 Å². The van der Waals surface area contributed by atoms with Gasteiger partial charge in [0.1, 0.15) is 13.2 Å². The number of esters is 1. The zero-order valence-electron chi connectivity index (χ0n) is 11.7. The molecular formula is C12H20F3NO4. The summed E-state index contributed by atoms with van der Waals surface area (Å²) in [4.78, 5) is 24.3. The van der Waals surface area contributed by atoms with Gasteiger partial charge in [0.25, 0.3) is 0 Å². The predicted molar refractivity (Wildman–Crippen MR) is 65.0 cm³/mol. The number of carbonyl (C=O) groups is 2. The molecule has 0 heterocycles. The van der Waals surface area contributed by atoms with Crippen LogP contribution in [0, 0.1) is 0 Å². The van der Waals surface area contributed by atoms with Gasteiger partial charge in [-0.3, -0.25) is 9.59 Å². The molecule has 0 aromatic heterocycles. The number of carbonyl (C=O) groups excluding carboxylic acids is 2. The number of nitrogens with zero attached hydrogens (tertiary/aromatic N) is 1. The number of halogens is 3. The molecule has 0 aromatic carbocycles. The van der Waals surface area contributed by atoms with Crippen LogP contribution in [0.25, 0.3) is 0 Å². The van der Waals surface area contributed by atoms with Gasteiger partial charge in [-0.1, -0.05) is 6.92 Å². The molecule has 8 heteroatoms. The minimum Gasteiger partial charge on any atom is -0.465 e. The van der Waals surface area contributed by atoms with E-state index in [0.717, 1.165) is 0 Å². The Morgan fingerprint density at radius 2 is 1.85 bits per heavy atom. The van der Waals surface area contributed by atoms with E-state index in [1.807, 2.05) is 6.92 Å². The van der Waals surface area contributed by atoms with Crippen molar-refractivity contribution in [2.75, 3.05) is 32.9 Å². The van der Waals surface area contributed by atoms with Crippen LogP contribution < -0.4 is 0 Å². The van der Waals surface area contributed by atoms with Crippen LogP contribution in [0.4, 0.5) is 13.2 Å². The Hall–Kier alpha value is -1.31. The van der Waals surface area contributed by atoms with Crippen LogP contribution >= 0.6 is 0 Å². The average molecular weight is 299 g/mol. The topological polar surface area (TPSA) is 55.8 Å². The molecule has 0 radical (unpaired) electrons. The van der Waals surface area contributed by atoms with Gasteiger partial charge in [0, 0.05) is 6.54 Å². The summed E-state index contributed by atoms with van der Waals surface area (Å²) in [6.45, 7) is 2.12. The largest absolute Gasteiger partial charge is 0.465 e. The van der Waals surface area contributed by atoms with E-state index in [-0.39, 0.29) is 26.2 Å². The summed E-state index contributed by atoms with van der Waals surface area (Å²) in [5.74, 6) is -0.965. The summed E-state index contributed by atoms with van der Waals surface area (Å²) in [5, 5.41) is 0. The van der Waals surface area contributed by atoms with Gasteiger partial charge in [-0.25, -0.2) is 0 Å². The molecule has 0 atom stereocenters. The van der Waals surface area contributed by atoms with Crippen molar-refractivity contribution >= 4 is 11.9 Å². The Morgan fingerprint density at radius 3 is 2.35 bits per heavy atom. The van der Waals surface area contributed by atoms with Crippen LogP contribution in [-0.2, 0) is 19.1 Å². The van der Waals surface area contributed by atoms with Gasteiger partial charge in [0.2, 0.25) is 5.91 Å². The van der Waals surface area contributed by atoms with Crippen LogP contribution in [0.5, 0.6) is 0 Å². The molecule has 20 heavy (non-hydrogen) atoms. The van der Waals surface area contributed by atoms with E-state index in [9.17, 15) is 22.8 Å². The summed E-state index contributed by atoms with van der Waals surface area (Å²) in [7, 11) is 0. The summed E-state index contributed by atoms with van der Waals surface area (Å²) < 4.78 is 44.6.